The first-order valence-electron chi connectivity index (χ1n) is 9.48. The number of morpholine rings is 1. The van der Waals surface area contributed by atoms with Gasteiger partial charge in [0.2, 0.25) is 5.91 Å². The lowest BCUT2D eigenvalue weighted by Crippen LogP contribution is -2.44. The molecule has 2 unspecified atom stereocenters. The number of ether oxygens (including phenoxy) is 1. The van der Waals surface area contributed by atoms with Crippen molar-refractivity contribution in [3.8, 4) is 0 Å². The third-order valence-corrected chi connectivity index (χ3v) is 4.83. The minimum absolute atomic E-state index is 0.0299. The first-order valence-corrected chi connectivity index (χ1v) is 9.48. The summed E-state index contributed by atoms with van der Waals surface area (Å²) in [5.74, 6) is -0.702. The number of hydrogen-bond acceptors (Lipinski definition) is 3. The number of nitrogens with one attached hydrogen (secondary N) is 1. The van der Waals surface area contributed by atoms with Gasteiger partial charge in [0.25, 0.3) is 5.91 Å². The Hall–Kier alpha value is -2.73. The highest BCUT2D eigenvalue weighted by Crippen LogP contribution is 2.16. The van der Waals surface area contributed by atoms with Gasteiger partial charge in [-0.2, -0.15) is 0 Å². The molecule has 3 rings (SSSR count). The molecule has 1 saturated heterocycles. The molecule has 1 aliphatic rings. The topological polar surface area (TPSA) is 58.6 Å². The third kappa shape index (κ3) is 5.16. The Labute approximate surface area is 164 Å². The maximum absolute atomic E-state index is 13.0. The molecular formula is C22H25FN2O3. The molecular weight excluding hydrogens is 359 g/mol. The Balaban J connectivity index is 1.56. The van der Waals surface area contributed by atoms with Crippen LogP contribution in [0.3, 0.4) is 0 Å². The summed E-state index contributed by atoms with van der Waals surface area (Å²) in [6.07, 6.45) is 0.566. The van der Waals surface area contributed by atoms with Crippen LogP contribution >= 0.6 is 0 Å². The summed E-state index contributed by atoms with van der Waals surface area (Å²) < 4.78 is 18.5. The normalized spacial score (nSPS) is 17.8. The van der Waals surface area contributed by atoms with E-state index in [1.54, 1.807) is 41.3 Å². The van der Waals surface area contributed by atoms with Crippen LogP contribution in [0.15, 0.2) is 48.5 Å². The quantitative estimate of drug-likeness (QED) is 0.858. The number of carbonyl (C=O) groups excluding carboxylic acids is 2. The Morgan fingerprint density at radius 3 is 2.50 bits per heavy atom. The monoisotopic (exact) mass is 384 g/mol. The number of nitrogens with zero attached hydrogens (tertiary/aromatic N) is 1. The van der Waals surface area contributed by atoms with Crippen LogP contribution < -0.4 is 5.32 Å². The molecule has 148 valence electrons. The van der Waals surface area contributed by atoms with Crippen molar-refractivity contribution >= 4 is 17.5 Å². The van der Waals surface area contributed by atoms with Crippen LogP contribution in [0.2, 0.25) is 0 Å². The largest absolute Gasteiger partial charge is 0.375 e. The summed E-state index contributed by atoms with van der Waals surface area (Å²) in [7, 11) is 0. The summed E-state index contributed by atoms with van der Waals surface area (Å²) in [5, 5.41) is 2.87. The van der Waals surface area contributed by atoms with Crippen molar-refractivity contribution in [1.82, 2.24) is 4.90 Å². The van der Waals surface area contributed by atoms with Crippen molar-refractivity contribution in [2.24, 2.45) is 5.92 Å². The summed E-state index contributed by atoms with van der Waals surface area (Å²) in [5.41, 5.74) is 2.14. The Morgan fingerprint density at radius 1 is 1.18 bits per heavy atom. The van der Waals surface area contributed by atoms with Gasteiger partial charge in [0, 0.05) is 30.3 Å². The van der Waals surface area contributed by atoms with Gasteiger partial charge in [-0.05, 0) is 55.3 Å². The lowest BCUT2D eigenvalue weighted by Gasteiger charge is -2.31. The Kier molecular flexibility index (Phi) is 6.41. The van der Waals surface area contributed by atoms with E-state index >= 15 is 0 Å². The molecule has 1 N–H and O–H groups in total. The lowest BCUT2D eigenvalue weighted by molar-refractivity contribution is -0.119. The first kappa shape index (κ1) is 20.0. The predicted octanol–water partition coefficient (Wildman–Crippen LogP) is 3.50. The second kappa shape index (κ2) is 8.97. The van der Waals surface area contributed by atoms with Crippen molar-refractivity contribution in [3.05, 3.63) is 65.5 Å². The summed E-state index contributed by atoms with van der Waals surface area (Å²) in [6.45, 7) is 5.50. The van der Waals surface area contributed by atoms with E-state index in [0.29, 0.717) is 37.4 Å². The summed E-state index contributed by atoms with van der Waals surface area (Å²) in [6, 6.07) is 13.1. The van der Waals surface area contributed by atoms with Gasteiger partial charge in [0.1, 0.15) is 5.82 Å². The zero-order valence-electron chi connectivity index (χ0n) is 16.2. The summed E-state index contributed by atoms with van der Waals surface area (Å²) in [4.78, 5) is 26.8. The van der Waals surface area contributed by atoms with Gasteiger partial charge in [-0.1, -0.05) is 19.1 Å². The maximum atomic E-state index is 13.0. The molecule has 2 aromatic rings. The Bertz CT molecular complexity index is 821. The van der Waals surface area contributed by atoms with E-state index < -0.39 is 0 Å². The standard InChI is InChI=1S/C22H25FN2O3/c1-15(13-17-3-7-19(23)8-4-17)21(26)24-20-9-5-18(6-10-20)22(27)25-11-12-28-16(2)14-25/h3-10,15-16H,11-14H2,1-2H3,(H,24,26). The number of halogens is 1. The number of rotatable bonds is 5. The second-order valence-electron chi connectivity index (χ2n) is 7.23. The number of benzene rings is 2. The smallest absolute Gasteiger partial charge is 0.254 e. The van der Waals surface area contributed by atoms with Crippen LogP contribution in [0.25, 0.3) is 0 Å². The van der Waals surface area contributed by atoms with Gasteiger partial charge in [0.05, 0.1) is 12.7 Å². The van der Waals surface area contributed by atoms with Crippen LogP contribution in [0.4, 0.5) is 10.1 Å². The van der Waals surface area contributed by atoms with Gasteiger partial charge in [-0.15, -0.1) is 0 Å². The van der Waals surface area contributed by atoms with Crippen LogP contribution in [0.5, 0.6) is 0 Å². The second-order valence-corrected chi connectivity index (χ2v) is 7.23. The predicted molar refractivity (Wildman–Crippen MR) is 106 cm³/mol. The van der Waals surface area contributed by atoms with E-state index in [4.69, 9.17) is 4.74 Å². The number of hydrogen-bond donors (Lipinski definition) is 1. The van der Waals surface area contributed by atoms with E-state index in [1.165, 1.54) is 12.1 Å². The highest BCUT2D eigenvalue weighted by atomic mass is 19.1. The highest BCUT2D eigenvalue weighted by molar-refractivity contribution is 5.96. The molecule has 5 nitrogen and oxygen atoms in total. The number of carbonyl (C=O) groups is 2. The molecule has 0 radical (unpaired) electrons. The molecule has 6 heteroatoms. The van der Waals surface area contributed by atoms with Gasteiger partial charge >= 0.3 is 0 Å². The number of amides is 2. The van der Waals surface area contributed by atoms with Crippen molar-refractivity contribution in [2.75, 3.05) is 25.0 Å². The fraction of sp³-hybridized carbons (Fsp3) is 0.364. The van der Waals surface area contributed by atoms with E-state index in [1.807, 2.05) is 13.8 Å². The summed E-state index contributed by atoms with van der Waals surface area (Å²) >= 11 is 0. The molecule has 2 amide bonds. The average Bonchev–Trinajstić information content (AvgIpc) is 2.69. The minimum Gasteiger partial charge on any atom is -0.375 e. The fourth-order valence-electron chi connectivity index (χ4n) is 3.21. The van der Waals surface area contributed by atoms with Crippen molar-refractivity contribution in [2.45, 2.75) is 26.4 Å². The third-order valence-electron chi connectivity index (χ3n) is 4.83. The SMILES string of the molecule is CC1CN(C(=O)c2ccc(NC(=O)C(C)Cc3ccc(F)cc3)cc2)CCO1. The van der Waals surface area contributed by atoms with E-state index in [2.05, 4.69) is 5.32 Å². The molecule has 2 aromatic carbocycles. The zero-order chi connectivity index (χ0) is 20.1. The van der Waals surface area contributed by atoms with Crippen LogP contribution in [0.1, 0.15) is 29.8 Å². The molecule has 28 heavy (non-hydrogen) atoms. The van der Waals surface area contributed by atoms with Crippen molar-refractivity contribution < 1.29 is 18.7 Å². The molecule has 0 aliphatic carbocycles. The zero-order valence-corrected chi connectivity index (χ0v) is 16.2. The van der Waals surface area contributed by atoms with Crippen molar-refractivity contribution in [3.63, 3.8) is 0 Å². The lowest BCUT2D eigenvalue weighted by atomic mass is 10.0. The van der Waals surface area contributed by atoms with Gasteiger partial charge in [-0.25, -0.2) is 4.39 Å². The molecule has 0 saturated carbocycles. The van der Waals surface area contributed by atoms with Crippen molar-refractivity contribution in [1.29, 1.82) is 0 Å². The molecule has 1 aliphatic heterocycles. The molecule has 0 spiro atoms. The highest BCUT2D eigenvalue weighted by Gasteiger charge is 2.22. The van der Waals surface area contributed by atoms with Gasteiger partial charge < -0.3 is 15.0 Å². The molecule has 2 atom stereocenters. The molecule has 0 bridgehead atoms. The van der Waals surface area contributed by atoms with E-state index in [0.717, 1.165) is 5.56 Å². The van der Waals surface area contributed by atoms with E-state index in [-0.39, 0.29) is 29.7 Å². The molecule has 1 fully saturated rings. The van der Waals surface area contributed by atoms with Gasteiger partial charge in [-0.3, -0.25) is 9.59 Å². The first-order chi connectivity index (χ1) is 13.4. The van der Waals surface area contributed by atoms with Crippen LogP contribution in [-0.4, -0.2) is 42.5 Å². The minimum atomic E-state index is -0.290. The van der Waals surface area contributed by atoms with Crippen LogP contribution in [0, 0.1) is 11.7 Å². The molecule has 0 aromatic heterocycles. The fourth-order valence-corrected chi connectivity index (χ4v) is 3.21. The van der Waals surface area contributed by atoms with Gasteiger partial charge in [0.15, 0.2) is 0 Å². The molecule has 1 heterocycles. The van der Waals surface area contributed by atoms with Crippen LogP contribution in [-0.2, 0) is 16.0 Å². The van der Waals surface area contributed by atoms with E-state index in [9.17, 15) is 14.0 Å². The average molecular weight is 384 g/mol. The Morgan fingerprint density at radius 2 is 1.86 bits per heavy atom. The number of anilines is 1. The maximum Gasteiger partial charge on any atom is 0.254 e.